The third-order valence-corrected chi connectivity index (χ3v) is 4.08. The fourth-order valence-electron chi connectivity index (χ4n) is 3.09. The Bertz CT molecular complexity index is 400. The number of phenolic OH excluding ortho intramolecular Hbond substituents is 2. The molecule has 0 amide bonds. The minimum absolute atomic E-state index is 0.120. The highest BCUT2D eigenvalue weighted by atomic mass is 16.3. The number of likely N-dealkylation sites (tertiary alicyclic amines) is 1. The van der Waals surface area contributed by atoms with Crippen LogP contribution in [0.2, 0.25) is 0 Å². The van der Waals surface area contributed by atoms with Gasteiger partial charge in [0.25, 0.3) is 0 Å². The van der Waals surface area contributed by atoms with Gasteiger partial charge in [-0.2, -0.15) is 0 Å². The summed E-state index contributed by atoms with van der Waals surface area (Å²) in [6, 6.07) is 5.54. The van der Waals surface area contributed by atoms with E-state index in [0.717, 1.165) is 18.5 Å². The first-order valence-electron chi connectivity index (χ1n) is 7.10. The summed E-state index contributed by atoms with van der Waals surface area (Å²) < 4.78 is 0. The number of hydrogen-bond acceptors (Lipinski definition) is 4. The Morgan fingerprint density at radius 1 is 1.26 bits per heavy atom. The maximum absolute atomic E-state index is 9.61. The summed E-state index contributed by atoms with van der Waals surface area (Å²) in [5.41, 5.74) is 6.66. The zero-order valence-electron chi connectivity index (χ0n) is 11.5. The van der Waals surface area contributed by atoms with E-state index in [2.05, 4.69) is 11.8 Å². The topological polar surface area (TPSA) is 69.7 Å². The highest BCUT2D eigenvalue weighted by molar-refractivity contribution is 5.38. The Kier molecular flexibility index (Phi) is 4.66. The number of rotatable bonds is 4. The quantitative estimate of drug-likeness (QED) is 0.781. The third kappa shape index (κ3) is 3.39. The number of nitrogens with two attached hydrogens (primary N) is 1. The van der Waals surface area contributed by atoms with Crippen molar-refractivity contribution in [2.45, 2.75) is 44.7 Å². The van der Waals surface area contributed by atoms with E-state index >= 15 is 0 Å². The summed E-state index contributed by atoms with van der Waals surface area (Å²) >= 11 is 0. The smallest absolute Gasteiger partial charge is 0.119 e. The van der Waals surface area contributed by atoms with Gasteiger partial charge in [0.1, 0.15) is 11.5 Å². The van der Waals surface area contributed by atoms with Crippen LogP contribution in [0.3, 0.4) is 0 Å². The van der Waals surface area contributed by atoms with Crippen molar-refractivity contribution in [3.8, 4) is 11.5 Å². The molecule has 2 unspecified atom stereocenters. The Labute approximate surface area is 114 Å². The lowest BCUT2D eigenvalue weighted by molar-refractivity contribution is 0.0982. The molecule has 1 saturated heterocycles. The van der Waals surface area contributed by atoms with Gasteiger partial charge in [0.2, 0.25) is 0 Å². The molecular formula is C15H24N2O2. The fraction of sp³-hybridized carbons (Fsp3) is 0.600. The molecule has 19 heavy (non-hydrogen) atoms. The summed E-state index contributed by atoms with van der Waals surface area (Å²) in [7, 11) is 0. The monoisotopic (exact) mass is 264 g/mol. The van der Waals surface area contributed by atoms with Crippen molar-refractivity contribution < 1.29 is 10.2 Å². The average molecular weight is 264 g/mol. The van der Waals surface area contributed by atoms with E-state index in [9.17, 15) is 10.2 Å². The molecule has 0 aliphatic carbocycles. The lowest BCUT2D eigenvalue weighted by Gasteiger charge is -2.40. The second-order valence-corrected chi connectivity index (χ2v) is 5.42. The molecule has 0 bridgehead atoms. The molecule has 0 radical (unpaired) electrons. The molecule has 1 aromatic rings. The van der Waals surface area contributed by atoms with Crippen molar-refractivity contribution >= 4 is 0 Å². The lowest BCUT2D eigenvalue weighted by atomic mass is 9.95. The van der Waals surface area contributed by atoms with Crippen LogP contribution in [0.25, 0.3) is 0 Å². The highest BCUT2D eigenvalue weighted by Crippen LogP contribution is 2.32. The number of aromatic hydroxyl groups is 2. The van der Waals surface area contributed by atoms with Crippen molar-refractivity contribution in [3.63, 3.8) is 0 Å². The van der Waals surface area contributed by atoms with E-state index in [-0.39, 0.29) is 17.5 Å². The lowest BCUT2D eigenvalue weighted by Crippen LogP contribution is -2.42. The highest BCUT2D eigenvalue weighted by Gasteiger charge is 2.27. The minimum atomic E-state index is 0.120. The van der Waals surface area contributed by atoms with Crippen LogP contribution in [-0.4, -0.2) is 34.2 Å². The van der Waals surface area contributed by atoms with Crippen LogP contribution in [0.5, 0.6) is 11.5 Å². The van der Waals surface area contributed by atoms with Crippen molar-refractivity contribution in [2.24, 2.45) is 5.73 Å². The number of benzene rings is 1. The zero-order chi connectivity index (χ0) is 13.8. The predicted octanol–water partition coefficient (Wildman–Crippen LogP) is 2.36. The first-order valence-corrected chi connectivity index (χ1v) is 7.10. The van der Waals surface area contributed by atoms with Crippen LogP contribution in [0.15, 0.2) is 18.2 Å². The SMILES string of the molecule is CC(c1cc(O)cc(O)c1)N1CCCCC1CCN. The molecule has 1 heterocycles. The molecule has 1 aliphatic heterocycles. The maximum atomic E-state index is 9.61. The molecular weight excluding hydrogens is 240 g/mol. The summed E-state index contributed by atoms with van der Waals surface area (Å²) in [5, 5.41) is 19.2. The Morgan fingerprint density at radius 2 is 1.95 bits per heavy atom. The van der Waals surface area contributed by atoms with Gasteiger partial charge in [0.05, 0.1) is 0 Å². The van der Waals surface area contributed by atoms with Crippen LogP contribution in [0, 0.1) is 0 Å². The van der Waals surface area contributed by atoms with E-state index in [1.54, 1.807) is 12.1 Å². The Balaban J connectivity index is 2.18. The second-order valence-electron chi connectivity index (χ2n) is 5.42. The van der Waals surface area contributed by atoms with Crippen molar-refractivity contribution in [1.29, 1.82) is 0 Å². The van der Waals surface area contributed by atoms with Gasteiger partial charge >= 0.3 is 0 Å². The zero-order valence-corrected chi connectivity index (χ0v) is 11.5. The molecule has 0 saturated carbocycles. The maximum Gasteiger partial charge on any atom is 0.119 e. The van der Waals surface area contributed by atoms with Gasteiger partial charge in [0.15, 0.2) is 0 Å². The molecule has 2 atom stereocenters. The first kappa shape index (κ1) is 14.2. The molecule has 0 aromatic heterocycles. The molecule has 4 N–H and O–H groups in total. The first-order chi connectivity index (χ1) is 9.11. The normalized spacial score (nSPS) is 22.3. The van der Waals surface area contributed by atoms with Crippen molar-refractivity contribution in [2.75, 3.05) is 13.1 Å². The third-order valence-electron chi connectivity index (χ3n) is 4.08. The van der Waals surface area contributed by atoms with E-state index < -0.39 is 0 Å². The number of hydrogen-bond donors (Lipinski definition) is 3. The van der Waals surface area contributed by atoms with E-state index in [1.165, 1.54) is 25.3 Å². The van der Waals surface area contributed by atoms with Gasteiger partial charge in [-0.25, -0.2) is 0 Å². The molecule has 1 fully saturated rings. The van der Waals surface area contributed by atoms with Crippen molar-refractivity contribution in [1.82, 2.24) is 4.90 Å². The van der Waals surface area contributed by atoms with E-state index in [0.29, 0.717) is 12.6 Å². The van der Waals surface area contributed by atoms with Crippen LogP contribution < -0.4 is 5.73 Å². The van der Waals surface area contributed by atoms with Gasteiger partial charge in [-0.1, -0.05) is 6.42 Å². The molecule has 2 rings (SSSR count). The van der Waals surface area contributed by atoms with E-state index in [4.69, 9.17) is 5.73 Å². The van der Waals surface area contributed by atoms with Gasteiger partial charge in [-0.15, -0.1) is 0 Å². The number of piperidine rings is 1. The molecule has 0 spiro atoms. The molecule has 4 heteroatoms. The van der Waals surface area contributed by atoms with Gasteiger partial charge in [-0.05, 0) is 57.0 Å². The Morgan fingerprint density at radius 3 is 2.58 bits per heavy atom. The summed E-state index contributed by atoms with van der Waals surface area (Å²) in [6.45, 7) is 3.89. The second kappa shape index (κ2) is 6.26. The largest absolute Gasteiger partial charge is 0.508 e. The number of nitrogens with zero attached hydrogens (tertiary/aromatic N) is 1. The van der Waals surface area contributed by atoms with Crippen LogP contribution in [0.1, 0.15) is 44.2 Å². The minimum Gasteiger partial charge on any atom is -0.508 e. The van der Waals surface area contributed by atoms with Crippen molar-refractivity contribution in [3.05, 3.63) is 23.8 Å². The molecule has 106 valence electrons. The summed E-state index contributed by atoms with van der Waals surface area (Å²) in [5.74, 6) is 0.239. The summed E-state index contributed by atoms with van der Waals surface area (Å²) in [4.78, 5) is 2.45. The predicted molar refractivity (Wildman–Crippen MR) is 76.2 cm³/mol. The van der Waals surface area contributed by atoms with E-state index in [1.807, 2.05) is 0 Å². The molecule has 1 aromatic carbocycles. The van der Waals surface area contributed by atoms with Gasteiger partial charge in [-0.3, -0.25) is 4.90 Å². The van der Waals surface area contributed by atoms with Gasteiger partial charge in [0, 0.05) is 18.2 Å². The van der Waals surface area contributed by atoms with Crippen LogP contribution in [0.4, 0.5) is 0 Å². The average Bonchev–Trinajstić information content (AvgIpc) is 2.38. The molecule has 1 aliphatic rings. The van der Waals surface area contributed by atoms with Crippen LogP contribution in [-0.2, 0) is 0 Å². The standard InChI is InChI=1S/C15H24N2O2/c1-11(12-8-14(18)10-15(19)9-12)17-7-3-2-4-13(17)5-6-16/h8-11,13,18-19H,2-7,16H2,1H3. The fourth-order valence-corrected chi connectivity index (χ4v) is 3.09. The van der Waals surface area contributed by atoms with Gasteiger partial charge < -0.3 is 15.9 Å². The Hall–Kier alpha value is -1.26. The molecule has 4 nitrogen and oxygen atoms in total. The van der Waals surface area contributed by atoms with Crippen LogP contribution >= 0.6 is 0 Å². The summed E-state index contributed by atoms with van der Waals surface area (Å²) in [6.07, 6.45) is 4.66. The number of phenols is 2.